The molecular formula is C4H6S2. The van der Waals surface area contributed by atoms with Crippen LogP contribution in [0.4, 0.5) is 0 Å². The number of thiol groups is 1. The van der Waals surface area contributed by atoms with Crippen LogP contribution >= 0.6 is 24.4 Å². The maximum Gasteiger partial charge on any atom is -0.0188 e. The molecule has 0 aromatic carbocycles. The van der Waals surface area contributed by atoms with Crippen LogP contribution in [0.5, 0.6) is 0 Å². The third-order valence-electron chi connectivity index (χ3n) is 0.236. The second-order valence-corrected chi connectivity index (χ2v) is 1.76. The van der Waals surface area contributed by atoms with Gasteiger partial charge in [-0.25, -0.2) is 0 Å². The van der Waals surface area contributed by atoms with E-state index >= 15 is 0 Å². The van der Waals surface area contributed by atoms with E-state index in [9.17, 15) is 0 Å². The normalized spacial score (nSPS) is 9.50. The summed E-state index contributed by atoms with van der Waals surface area (Å²) < 4.78 is 0. The van der Waals surface area contributed by atoms with Gasteiger partial charge in [0.05, 0.1) is 0 Å². The lowest BCUT2D eigenvalue weighted by atomic mass is 11.2. The Morgan fingerprint density at radius 3 is 2.50 bits per heavy atom. The molecule has 0 N–H and O–H groups in total. The van der Waals surface area contributed by atoms with Gasteiger partial charge in [-0.3, -0.25) is 0 Å². The second-order valence-electron chi connectivity index (χ2n) is 0.588. The molecule has 0 heterocycles. The van der Waals surface area contributed by atoms with Crippen LogP contribution in [0.15, 0.2) is 22.8 Å². The molecule has 0 unspecified atom stereocenters. The molecule has 0 spiro atoms. The SMILES string of the molecule is C=CS/C=C\S. The van der Waals surface area contributed by atoms with Crippen molar-refractivity contribution in [3.8, 4) is 0 Å². The van der Waals surface area contributed by atoms with Crippen molar-refractivity contribution in [2.75, 3.05) is 0 Å². The zero-order valence-electron chi connectivity index (χ0n) is 3.29. The lowest BCUT2D eigenvalue weighted by Crippen LogP contribution is -1.31. The lowest BCUT2D eigenvalue weighted by molar-refractivity contribution is 2.53. The summed E-state index contributed by atoms with van der Waals surface area (Å²) in [4.78, 5) is 0. The molecule has 0 aliphatic heterocycles. The average molecular weight is 118 g/mol. The van der Waals surface area contributed by atoms with E-state index in [2.05, 4.69) is 19.2 Å². The largest absolute Gasteiger partial charge is 0.151 e. The first-order valence-corrected chi connectivity index (χ1v) is 2.93. The van der Waals surface area contributed by atoms with Crippen molar-refractivity contribution in [2.45, 2.75) is 0 Å². The van der Waals surface area contributed by atoms with E-state index in [4.69, 9.17) is 0 Å². The summed E-state index contributed by atoms with van der Waals surface area (Å²) in [6.45, 7) is 3.48. The molecule has 6 heavy (non-hydrogen) atoms. The van der Waals surface area contributed by atoms with E-state index < -0.39 is 0 Å². The maximum absolute atomic E-state index is 3.81. The van der Waals surface area contributed by atoms with Gasteiger partial charge in [0, 0.05) is 0 Å². The number of rotatable bonds is 2. The Kier molecular flexibility index (Phi) is 5.34. The van der Waals surface area contributed by atoms with E-state index in [-0.39, 0.29) is 0 Å². The van der Waals surface area contributed by atoms with Gasteiger partial charge >= 0.3 is 0 Å². The summed E-state index contributed by atoms with van der Waals surface area (Å²) in [5, 5.41) is 5.26. The van der Waals surface area contributed by atoms with Crippen molar-refractivity contribution in [2.24, 2.45) is 0 Å². The van der Waals surface area contributed by atoms with Crippen LogP contribution in [0.25, 0.3) is 0 Å². The Morgan fingerprint density at radius 2 is 2.33 bits per heavy atom. The molecule has 0 amide bonds. The molecule has 0 nitrogen and oxygen atoms in total. The first kappa shape index (κ1) is 6.18. The van der Waals surface area contributed by atoms with Crippen LogP contribution < -0.4 is 0 Å². The van der Waals surface area contributed by atoms with Crippen LogP contribution in [0.2, 0.25) is 0 Å². The van der Waals surface area contributed by atoms with Gasteiger partial charge in [0.1, 0.15) is 0 Å². The summed E-state index contributed by atoms with van der Waals surface area (Å²) in [7, 11) is 0. The summed E-state index contributed by atoms with van der Waals surface area (Å²) >= 11 is 5.32. The minimum atomic E-state index is 1.52. The number of hydrogen-bond acceptors (Lipinski definition) is 2. The van der Waals surface area contributed by atoms with Crippen molar-refractivity contribution in [3.05, 3.63) is 22.8 Å². The minimum absolute atomic E-state index is 1.52. The molecule has 0 atom stereocenters. The number of hydrogen-bond donors (Lipinski definition) is 1. The molecule has 0 fully saturated rings. The Balaban J connectivity index is 2.85. The molecule has 0 saturated heterocycles. The third kappa shape index (κ3) is 4.18. The van der Waals surface area contributed by atoms with Crippen LogP contribution in [-0.4, -0.2) is 0 Å². The molecule has 34 valence electrons. The van der Waals surface area contributed by atoms with Crippen LogP contribution in [0, 0.1) is 0 Å². The van der Waals surface area contributed by atoms with Crippen LogP contribution in [-0.2, 0) is 0 Å². The standard InChI is InChI=1S/C4H6S2/c1-2-6-4-3-5/h2-5H,1H2/b4-3-. The summed E-state index contributed by atoms with van der Waals surface area (Å²) in [5.41, 5.74) is 0. The van der Waals surface area contributed by atoms with E-state index in [1.165, 1.54) is 11.8 Å². The molecule has 0 aromatic rings. The topological polar surface area (TPSA) is 0 Å². The fourth-order valence-electron chi connectivity index (χ4n) is 0.0907. The van der Waals surface area contributed by atoms with Crippen LogP contribution in [0.3, 0.4) is 0 Å². The quantitative estimate of drug-likeness (QED) is 0.543. The maximum atomic E-state index is 3.81. The lowest BCUT2D eigenvalue weighted by Gasteiger charge is -1.69. The van der Waals surface area contributed by atoms with Crippen LogP contribution in [0.1, 0.15) is 0 Å². The van der Waals surface area contributed by atoms with Crippen molar-refractivity contribution < 1.29 is 0 Å². The number of thioether (sulfide) groups is 1. The summed E-state index contributed by atoms with van der Waals surface area (Å²) in [5.74, 6) is 0. The molecule has 0 aliphatic rings. The van der Waals surface area contributed by atoms with Crippen molar-refractivity contribution in [3.63, 3.8) is 0 Å². The Hall–Kier alpha value is 0.180. The van der Waals surface area contributed by atoms with E-state index in [1.807, 2.05) is 5.41 Å². The molecule has 0 bridgehead atoms. The van der Waals surface area contributed by atoms with Gasteiger partial charge in [0.2, 0.25) is 0 Å². The molecule has 0 radical (unpaired) electrons. The van der Waals surface area contributed by atoms with Gasteiger partial charge in [-0.15, -0.1) is 11.8 Å². The van der Waals surface area contributed by atoms with Crippen molar-refractivity contribution in [1.29, 1.82) is 0 Å². The zero-order chi connectivity index (χ0) is 4.83. The van der Waals surface area contributed by atoms with Crippen molar-refractivity contribution in [1.82, 2.24) is 0 Å². The molecular weight excluding hydrogens is 112 g/mol. The van der Waals surface area contributed by atoms with E-state index in [0.29, 0.717) is 0 Å². The first-order valence-electron chi connectivity index (χ1n) is 1.47. The molecule has 0 rings (SSSR count). The highest BCUT2D eigenvalue weighted by Crippen LogP contribution is 2.00. The second kappa shape index (κ2) is 5.18. The molecule has 0 aliphatic carbocycles. The fourth-order valence-corrected chi connectivity index (χ4v) is 0.483. The highest BCUT2D eigenvalue weighted by Gasteiger charge is 1.57. The molecule has 0 saturated carbocycles. The Bertz CT molecular complexity index is 56.6. The van der Waals surface area contributed by atoms with Gasteiger partial charge in [0.25, 0.3) is 0 Å². The predicted octanol–water partition coefficient (Wildman–Crippen LogP) is 2.26. The average Bonchev–Trinajstić information content (AvgIpc) is 1.61. The van der Waals surface area contributed by atoms with Gasteiger partial charge in [-0.2, -0.15) is 12.6 Å². The molecule has 2 heteroatoms. The van der Waals surface area contributed by atoms with Gasteiger partial charge in [0.15, 0.2) is 0 Å². The molecule has 0 aromatic heterocycles. The first-order chi connectivity index (χ1) is 2.91. The highest BCUT2D eigenvalue weighted by atomic mass is 32.2. The minimum Gasteiger partial charge on any atom is -0.151 e. The van der Waals surface area contributed by atoms with E-state index in [0.717, 1.165) is 0 Å². The fraction of sp³-hybridized carbons (Fsp3) is 0. The third-order valence-corrected chi connectivity index (χ3v) is 1.07. The van der Waals surface area contributed by atoms with Gasteiger partial charge < -0.3 is 0 Å². The summed E-state index contributed by atoms with van der Waals surface area (Å²) in [6.07, 6.45) is 0. The monoisotopic (exact) mass is 118 g/mol. The van der Waals surface area contributed by atoms with E-state index in [1.54, 1.807) is 10.8 Å². The highest BCUT2D eigenvalue weighted by molar-refractivity contribution is 8.05. The zero-order valence-corrected chi connectivity index (χ0v) is 5.01. The predicted molar refractivity (Wildman–Crippen MR) is 35.9 cm³/mol. The van der Waals surface area contributed by atoms with Gasteiger partial charge in [-0.05, 0) is 16.2 Å². The summed E-state index contributed by atoms with van der Waals surface area (Å²) in [6, 6.07) is 0. The van der Waals surface area contributed by atoms with Crippen molar-refractivity contribution >= 4 is 24.4 Å². The Labute approximate surface area is 47.7 Å². The van der Waals surface area contributed by atoms with Gasteiger partial charge in [-0.1, -0.05) is 6.58 Å². The Morgan fingerprint density at radius 1 is 1.67 bits per heavy atom. The smallest absolute Gasteiger partial charge is 0.0188 e.